The van der Waals surface area contributed by atoms with Crippen LogP contribution in [0.4, 0.5) is 4.39 Å². The molecule has 26 heavy (non-hydrogen) atoms. The minimum Gasteiger partial charge on any atom is -0.338 e. The van der Waals surface area contributed by atoms with E-state index in [2.05, 4.69) is 15.4 Å². The summed E-state index contributed by atoms with van der Waals surface area (Å²) >= 11 is 5.93. The molecule has 2 aromatic rings. The lowest BCUT2D eigenvalue weighted by Crippen LogP contribution is -2.47. The van der Waals surface area contributed by atoms with E-state index >= 15 is 0 Å². The van der Waals surface area contributed by atoms with Gasteiger partial charge >= 0.3 is 5.69 Å². The van der Waals surface area contributed by atoms with Crippen molar-refractivity contribution < 1.29 is 9.18 Å². The summed E-state index contributed by atoms with van der Waals surface area (Å²) in [4.78, 5) is 31.1. The van der Waals surface area contributed by atoms with Crippen molar-refractivity contribution in [2.24, 2.45) is 0 Å². The fraction of sp³-hybridized carbons (Fsp3) is 0.500. The van der Waals surface area contributed by atoms with E-state index in [1.807, 2.05) is 0 Å². The molecule has 1 saturated heterocycles. The quantitative estimate of drug-likeness (QED) is 0.831. The minimum atomic E-state index is -0.996. The van der Waals surface area contributed by atoms with Crippen LogP contribution in [-0.4, -0.2) is 55.9 Å². The summed E-state index contributed by atoms with van der Waals surface area (Å²) in [5.41, 5.74) is 0.376. The highest BCUT2D eigenvalue weighted by molar-refractivity contribution is 6.30. The molecule has 0 aromatic carbocycles. The van der Waals surface area contributed by atoms with E-state index in [0.717, 1.165) is 5.56 Å². The van der Waals surface area contributed by atoms with Crippen molar-refractivity contribution in [3.63, 3.8) is 0 Å². The summed E-state index contributed by atoms with van der Waals surface area (Å²) in [5.74, 6) is 0.246. The first-order valence-electron chi connectivity index (χ1n) is 8.44. The van der Waals surface area contributed by atoms with Gasteiger partial charge in [-0.25, -0.2) is 13.9 Å². The Labute approximate surface area is 153 Å². The van der Waals surface area contributed by atoms with E-state index in [9.17, 15) is 14.0 Å². The van der Waals surface area contributed by atoms with Crippen LogP contribution >= 0.6 is 11.6 Å². The van der Waals surface area contributed by atoms with Crippen molar-refractivity contribution in [3.05, 3.63) is 45.4 Å². The molecule has 0 bridgehead atoms. The van der Waals surface area contributed by atoms with Crippen LogP contribution in [0.15, 0.2) is 23.3 Å². The Morgan fingerprint density at radius 2 is 2.27 bits per heavy atom. The van der Waals surface area contributed by atoms with Crippen LogP contribution < -0.4 is 11.0 Å². The summed E-state index contributed by atoms with van der Waals surface area (Å²) in [6.07, 6.45) is 2.47. The number of aromatic nitrogens is 4. The van der Waals surface area contributed by atoms with E-state index in [1.54, 1.807) is 12.3 Å². The third kappa shape index (κ3) is 3.12. The fourth-order valence-electron chi connectivity index (χ4n) is 3.46. The van der Waals surface area contributed by atoms with Crippen molar-refractivity contribution in [2.75, 3.05) is 19.6 Å². The predicted octanol–water partition coefficient (Wildman–Crippen LogP) is 0.356. The topological polar surface area (TPSA) is 85.0 Å². The third-order valence-electron chi connectivity index (χ3n) is 4.69. The number of amides is 1. The number of carbonyl (C=O) groups excluding carboxylic acids is 1. The standard InChI is InChI=1S/C16H18ClFN6O2/c17-11-3-10(4-19-5-11)8-23-16(26)24-13(6-20-7-14(24)21-23)15(25)22-2-1-12(18)9-22/h3-5,12-13,20H,1-2,6-9H2/t12-,13?/m0/s1. The Hall–Kier alpha value is -2.26. The van der Waals surface area contributed by atoms with Crippen LogP contribution in [0.25, 0.3) is 0 Å². The van der Waals surface area contributed by atoms with Gasteiger partial charge in [0.05, 0.1) is 24.7 Å². The fourth-order valence-corrected chi connectivity index (χ4v) is 3.65. The van der Waals surface area contributed by atoms with Gasteiger partial charge in [-0.1, -0.05) is 11.6 Å². The molecule has 0 aliphatic carbocycles. The number of nitrogens with zero attached hydrogens (tertiary/aromatic N) is 5. The molecule has 0 spiro atoms. The van der Waals surface area contributed by atoms with Crippen LogP contribution in [0.1, 0.15) is 23.9 Å². The summed E-state index contributed by atoms with van der Waals surface area (Å²) in [7, 11) is 0. The molecular weight excluding hydrogens is 363 g/mol. The number of hydrogen-bond acceptors (Lipinski definition) is 5. The number of alkyl halides is 1. The predicted molar refractivity (Wildman–Crippen MR) is 91.7 cm³/mol. The van der Waals surface area contributed by atoms with E-state index in [4.69, 9.17) is 11.6 Å². The number of fused-ring (bicyclic) bond motifs is 1. The summed E-state index contributed by atoms with van der Waals surface area (Å²) in [6, 6.07) is 1.01. The zero-order valence-corrected chi connectivity index (χ0v) is 14.7. The van der Waals surface area contributed by atoms with Crippen LogP contribution in [0.5, 0.6) is 0 Å². The molecule has 2 aliphatic heterocycles. The second kappa shape index (κ2) is 6.81. The monoisotopic (exact) mass is 380 g/mol. The lowest BCUT2D eigenvalue weighted by molar-refractivity contribution is -0.134. The molecule has 4 rings (SSSR count). The number of rotatable bonds is 3. The largest absolute Gasteiger partial charge is 0.347 e. The number of halogens is 2. The number of likely N-dealkylation sites (tertiary alicyclic amines) is 1. The van der Waals surface area contributed by atoms with Gasteiger partial charge in [0.25, 0.3) is 0 Å². The van der Waals surface area contributed by atoms with Gasteiger partial charge in [-0.05, 0) is 18.1 Å². The maximum Gasteiger partial charge on any atom is 0.347 e. The first-order valence-corrected chi connectivity index (χ1v) is 8.82. The highest BCUT2D eigenvalue weighted by Gasteiger charge is 2.36. The number of carbonyl (C=O) groups is 1. The van der Waals surface area contributed by atoms with Gasteiger partial charge in [0, 0.05) is 25.5 Å². The Morgan fingerprint density at radius 1 is 1.42 bits per heavy atom. The van der Waals surface area contributed by atoms with Gasteiger partial charge in [0.2, 0.25) is 5.91 Å². The molecule has 1 N–H and O–H groups in total. The second-order valence-electron chi connectivity index (χ2n) is 6.55. The molecule has 138 valence electrons. The van der Waals surface area contributed by atoms with E-state index in [1.165, 1.54) is 20.3 Å². The number of hydrogen-bond donors (Lipinski definition) is 1. The maximum absolute atomic E-state index is 13.4. The van der Waals surface area contributed by atoms with E-state index in [0.29, 0.717) is 36.9 Å². The Morgan fingerprint density at radius 3 is 3.00 bits per heavy atom. The van der Waals surface area contributed by atoms with Gasteiger partial charge in [-0.3, -0.25) is 14.3 Å². The normalized spacial score (nSPS) is 22.5. The molecule has 1 unspecified atom stereocenters. The molecule has 4 heterocycles. The van der Waals surface area contributed by atoms with E-state index < -0.39 is 12.2 Å². The third-order valence-corrected chi connectivity index (χ3v) is 4.90. The van der Waals surface area contributed by atoms with Crippen LogP contribution in [0, 0.1) is 0 Å². The molecule has 0 radical (unpaired) electrons. The van der Waals surface area contributed by atoms with Crippen LogP contribution in [0.2, 0.25) is 5.02 Å². The van der Waals surface area contributed by atoms with Crippen molar-refractivity contribution >= 4 is 17.5 Å². The highest BCUT2D eigenvalue weighted by atomic mass is 35.5. The van der Waals surface area contributed by atoms with Crippen molar-refractivity contribution in [2.45, 2.75) is 31.7 Å². The van der Waals surface area contributed by atoms with Gasteiger partial charge in [0.15, 0.2) is 0 Å². The van der Waals surface area contributed by atoms with Crippen molar-refractivity contribution in [1.29, 1.82) is 0 Å². The first-order chi connectivity index (χ1) is 12.5. The second-order valence-corrected chi connectivity index (χ2v) is 6.99. The molecular formula is C16H18ClFN6O2. The Kier molecular flexibility index (Phi) is 4.49. The highest BCUT2D eigenvalue weighted by Crippen LogP contribution is 2.20. The first kappa shape index (κ1) is 17.2. The SMILES string of the molecule is O=C(C1CNCc2nn(Cc3cncc(Cl)c3)c(=O)n21)N1CC[C@H](F)C1. The van der Waals surface area contributed by atoms with Gasteiger partial charge in [-0.2, -0.15) is 5.10 Å². The zero-order valence-electron chi connectivity index (χ0n) is 13.9. The number of nitrogens with one attached hydrogen (secondary N) is 1. The lowest BCUT2D eigenvalue weighted by atomic mass is 10.2. The average molecular weight is 381 g/mol. The Balaban J connectivity index is 1.63. The molecule has 10 heteroatoms. The smallest absolute Gasteiger partial charge is 0.338 e. The lowest BCUT2D eigenvalue weighted by Gasteiger charge is -2.27. The Bertz CT molecular complexity index is 897. The van der Waals surface area contributed by atoms with Gasteiger partial charge in [0.1, 0.15) is 18.0 Å². The molecule has 2 aromatic heterocycles. The zero-order chi connectivity index (χ0) is 18.3. The van der Waals surface area contributed by atoms with Crippen LogP contribution in [-0.2, 0) is 17.9 Å². The minimum absolute atomic E-state index is 0.0851. The summed E-state index contributed by atoms with van der Waals surface area (Å²) in [6.45, 7) is 1.39. The molecule has 1 amide bonds. The molecule has 2 aliphatic rings. The van der Waals surface area contributed by atoms with E-state index in [-0.39, 0.29) is 24.7 Å². The summed E-state index contributed by atoms with van der Waals surface area (Å²) < 4.78 is 16.2. The van der Waals surface area contributed by atoms with Crippen molar-refractivity contribution in [3.8, 4) is 0 Å². The maximum atomic E-state index is 13.4. The molecule has 1 fully saturated rings. The summed E-state index contributed by atoms with van der Waals surface area (Å²) in [5, 5.41) is 7.92. The average Bonchev–Trinajstić information content (AvgIpc) is 3.18. The van der Waals surface area contributed by atoms with Gasteiger partial charge < -0.3 is 10.2 Å². The van der Waals surface area contributed by atoms with Gasteiger partial charge in [-0.15, -0.1) is 0 Å². The molecule has 2 atom stereocenters. The molecule has 0 saturated carbocycles. The number of pyridine rings is 1. The van der Waals surface area contributed by atoms with Crippen LogP contribution in [0.3, 0.4) is 0 Å². The van der Waals surface area contributed by atoms with Crippen molar-refractivity contribution in [1.82, 2.24) is 29.5 Å². The molecule has 8 nitrogen and oxygen atoms in total.